The third-order valence-corrected chi connectivity index (χ3v) is 3.42. The van der Waals surface area contributed by atoms with Gasteiger partial charge in [-0.05, 0) is 71.5 Å². The third-order valence-electron chi connectivity index (χ3n) is 2.75. The van der Waals surface area contributed by atoms with Crippen LogP contribution in [0.2, 0.25) is 0 Å². The number of aromatic hydroxyl groups is 1. The Labute approximate surface area is 142 Å². The van der Waals surface area contributed by atoms with Crippen LogP contribution in [0.25, 0.3) is 0 Å². The second kappa shape index (κ2) is 7.79. The molecular formula is C16H15IN2O3. The van der Waals surface area contributed by atoms with E-state index in [0.29, 0.717) is 23.5 Å². The molecule has 22 heavy (non-hydrogen) atoms. The van der Waals surface area contributed by atoms with Gasteiger partial charge in [0.15, 0.2) is 11.5 Å². The maximum atomic E-state index is 11.9. The number of halogens is 1. The number of nitrogens with one attached hydrogen (secondary N) is 1. The highest BCUT2D eigenvalue weighted by Gasteiger charge is 2.04. The quantitative estimate of drug-likeness (QED) is 0.452. The van der Waals surface area contributed by atoms with Gasteiger partial charge >= 0.3 is 0 Å². The largest absolute Gasteiger partial charge is 0.504 e. The summed E-state index contributed by atoms with van der Waals surface area (Å²) in [7, 11) is 0. The Kier molecular flexibility index (Phi) is 5.76. The van der Waals surface area contributed by atoms with Crippen LogP contribution in [0.15, 0.2) is 47.6 Å². The number of benzene rings is 2. The van der Waals surface area contributed by atoms with Crippen molar-refractivity contribution in [2.45, 2.75) is 6.92 Å². The summed E-state index contributed by atoms with van der Waals surface area (Å²) in [6.45, 7) is 2.29. The maximum absolute atomic E-state index is 11.9. The summed E-state index contributed by atoms with van der Waals surface area (Å²) in [6.07, 6.45) is 1.49. The number of amides is 1. The number of carbonyl (C=O) groups excluding carboxylic acids is 1. The van der Waals surface area contributed by atoms with Crippen molar-refractivity contribution in [3.05, 3.63) is 57.2 Å². The number of carbonyl (C=O) groups is 1. The number of nitrogens with zero attached hydrogens (tertiary/aromatic N) is 1. The van der Waals surface area contributed by atoms with E-state index in [4.69, 9.17) is 4.74 Å². The molecular weight excluding hydrogens is 395 g/mol. The number of rotatable bonds is 5. The van der Waals surface area contributed by atoms with E-state index in [0.717, 1.165) is 3.57 Å². The van der Waals surface area contributed by atoms with Gasteiger partial charge in [0.05, 0.1) is 12.8 Å². The lowest BCUT2D eigenvalue weighted by molar-refractivity contribution is 0.0955. The molecule has 0 bridgehead atoms. The molecule has 1 amide bonds. The van der Waals surface area contributed by atoms with Gasteiger partial charge in [-0.3, -0.25) is 4.79 Å². The Hall–Kier alpha value is -2.09. The molecule has 0 aliphatic rings. The van der Waals surface area contributed by atoms with Crippen molar-refractivity contribution < 1.29 is 14.6 Å². The van der Waals surface area contributed by atoms with Crippen molar-refractivity contribution in [1.29, 1.82) is 0 Å². The predicted molar refractivity (Wildman–Crippen MR) is 93.5 cm³/mol. The van der Waals surface area contributed by atoms with Crippen LogP contribution in [-0.2, 0) is 0 Å². The molecule has 5 nitrogen and oxygen atoms in total. The summed E-state index contributed by atoms with van der Waals surface area (Å²) >= 11 is 2.14. The van der Waals surface area contributed by atoms with Gasteiger partial charge in [0.1, 0.15) is 0 Å². The first kappa shape index (κ1) is 16.3. The minimum atomic E-state index is -0.279. The van der Waals surface area contributed by atoms with Gasteiger partial charge in [-0.15, -0.1) is 0 Å². The average Bonchev–Trinajstić information content (AvgIpc) is 2.50. The molecule has 0 unspecified atom stereocenters. The molecule has 2 aromatic rings. The Morgan fingerprint density at radius 3 is 2.91 bits per heavy atom. The van der Waals surface area contributed by atoms with Gasteiger partial charge in [0, 0.05) is 9.13 Å². The van der Waals surface area contributed by atoms with Crippen LogP contribution >= 0.6 is 22.6 Å². The molecule has 2 aromatic carbocycles. The normalized spacial score (nSPS) is 10.6. The molecule has 6 heteroatoms. The summed E-state index contributed by atoms with van der Waals surface area (Å²) in [4.78, 5) is 11.9. The van der Waals surface area contributed by atoms with E-state index in [9.17, 15) is 9.90 Å². The lowest BCUT2D eigenvalue weighted by Crippen LogP contribution is -2.17. The highest BCUT2D eigenvalue weighted by atomic mass is 127. The number of hydrogen-bond acceptors (Lipinski definition) is 4. The number of hydrogen-bond donors (Lipinski definition) is 2. The number of ether oxygens (including phenoxy) is 1. The van der Waals surface area contributed by atoms with Crippen molar-refractivity contribution >= 4 is 34.7 Å². The van der Waals surface area contributed by atoms with Gasteiger partial charge in [-0.2, -0.15) is 5.10 Å². The fraction of sp³-hybridized carbons (Fsp3) is 0.125. The van der Waals surface area contributed by atoms with Crippen LogP contribution < -0.4 is 10.2 Å². The highest BCUT2D eigenvalue weighted by Crippen LogP contribution is 2.26. The molecule has 0 atom stereocenters. The lowest BCUT2D eigenvalue weighted by atomic mass is 10.2. The molecule has 0 aromatic heterocycles. The zero-order chi connectivity index (χ0) is 15.9. The molecule has 2 rings (SSSR count). The Morgan fingerprint density at radius 1 is 1.36 bits per heavy atom. The van der Waals surface area contributed by atoms with E-state index in [1.807, 2.05) is 19.1 Å². The van der Waals surface area contributed by atoms with Crippen molar-refractivity contribution in [3.63, 3.8) is 0 Å². The van der Waals surface area contributed by atoms with E-state index in [-0.39, 0.29) is 11.7 Å². The fourth-order valence-corrected chi connectivity index (χ4v) is 2.28. The second-order valence-corrected chi connectivity index (χ2v) is 5.62. The molecule has 0 fully saturated rings. The van der Waals surface area contributed by atoms with Gasteiger partial charge in [-0.1, -0.05) is 6.07 Å². The van der Waals surface area contributed by atoms with Gasteiger partial charge < -0.3 is 9.84 Å². The topological polar surface area (TPSA) is 70.9 Å². The molecule has 2 N–H and O–H groups in total. The van der Waals surface area contributed by atoms with Gasteiger partial charge in [0.25, 0.3) is 5.91 Å². The monoisotopic (exact) mass is 410 g/mol. The smallest absolute Gasteiger partial charge is 0.271 e. The predicted octanol–water partition coefficient (Wildman–Crippen LogP) is 3.16. The summed E-state index contributed by atoms with van der Waals surface area (Å²) in [6, 6.07) is 12.1. The minimum Gasteiger partial charge on any atom is -0.504 e. The molecule has 0 heterocycles. The first-order chi connectivity index (χ1) is 10.6. The number of phenolic OH excluding ortho intramolecular Hbond substituents is 1. The van der Waals surface area contributed by atoms with E-state index in [1.54, 1.807) is 24.3 Å². The van der Waals surface area contributed by atoms with Crippen LogP contribution in [0.4, 0.5) is 0 Å². The van der Waals surface area contributed by atoms with E-state index >= 15 is 0 Å². The first-order valence-electron chi connectivity index (χ1n) is 6.65. The van der Waals surface area contributed by atoms with Crippen molar-refractivity contribution in [2.75, 3.05) is 6.61 Å². The SMILES string of the molecule is CCOc1cc(/C=N\NC(=O)c2cccc(I)c2)ccc1O. The molecule has 0 aliphatic carbocycles. The van der Waals surface area contributed by atoms with E-state index in [2.05, 4.69) is 33.1 Å². The van der Waals surface area contributed by atoms with Crippen molar-refractivity contribution in [3.8, 4) is 11.5 Å². The van der Waals surface area contributed by atoms with Crippen LogP contribution in [-0.4, -0.2) is 23.8 Å². The van der Waals surface area contributed by atoms with E-state index < -0.39 is 0 Å². The zero-order valence-electron chi connectivity index (χ0n) is 11.9. The maximum Gasteiger partial charge on any atom is 0.271 e. The summed E-state index contributed by atoms with van der Waals surface area (Å²) < 4.78 is 6.27. The van der Waals surface area contributed by atoms with Crippen LogP contribution in [0.1, 0.15) is 22.8 Å². The van der Waals surface area contributed by atoms with E-state index in [1.165, 1.54) is 12.3 Å². The van der Waals surface area contributed by atoms with Crippen LogP contribution in [0.5, 0.6) is 11.5 Å². The number of phenols is 1. The average molecular weight is 410 g/mol. The van der Waals surface area contributed by atoms with Crippen LogP contribution in [0.3, 0.4) is 0 Å². The molecule has 0 radical (unpaired) electrons. The fourth-order valence-electron chi connectivity index (χ4n) is 1.74. The first-order valence-corrected chi connectivity index (χ1v) is 7.73. The highest BCUT2D eigenvalue weighted by molar-refractivity contribution is 14.1. The summed E-state index contributed by atoms with van der Waals surface area (Å²) in [5.74, 6) is 0.177. The van der Waals surface area contributed by atoms with Gasteiger partial charge in [0.2, 0.25) is 0 Å². The number of hydrazone groups is 1. The Morgan fingerprint density at radius 2 is 2.18 bits per heavy atom. The second-order valence-electron chi connectivity index (χ2n) is 4.37. The van der Waals surface area contributed by atoms with Crippen molar-refractivity contribution in [2.24, 2.45) is 5.10 Å². The minimum absolute atomic E-state index is 0.0712. The van der Waals surface area contributed by atoms with Crippen LogP contribution in [0, 0.1) is 3.57 Å². The Bertz CT molecular complexity index is 702. The third kappa shape index (κ3) is 4.45. The lowest BCUT2D eigenvalue weighted by Gasteiger charge is -2.06. The van der Waals surface area contributed by atoms with Crippen molar-refractivity contribution in [1.82, 2.24) is 5.43 Å². The van der Waals surface area contributed by atoms with Gasteiger partial charge in [-0.25, -0.2) is 5.43 Å². The standard InChI is InChI=1S/C16H15IN2O3/c1-2-22-15-8-11(6-7-14(15)20)10-18-19-16(21)12-4-3-5-13(17)9-12/h3-10,20H,2H2,1H3,(H,19,21)/b18-10-. The molecule has 0 saturated heterocycles. The molecule has 0 saturated carbocycles. The zero-order valence-corrected chi connectivity index (χ0v) is 14.1. The summed E-state index contributed by atoms with van der Waals surface area (Å²) in [5, 5.41) is 13.5. The summed E-state index contributed by atoms with van der Waals surface area (Å²) in [5.41, 5.74) is 3.72. The molecule has 0 aliphatic heterocycles. The Balaban J connectivity index is 2.03. The molecule has 114 valence electrons. The molecule has 0 spiro atoms.